The van der Waals surface area contributed by atoms with Crippen molar-refractivity contribution in [1.29, 1.82) is 0 Å². The summed E-state index contributed by atoms with van der Waals surface area (Å²) in [7, 11) is -3.86. The quantitative estimate of drug-likeness (QED) is 0.0217. The zero-order valence-corrected chi connectivity index (χ0v) is 59.0. The number of fused-ring (bicyclic) bond motifs is 1. The summed E-state index contributed by atoms with van der Waals surface area (Å²) in [6.07, 6.45) is 14.5. The molecule has 0 radical (unpaired) electrons. The minimum absolute atomic E-state index is 0.0107. The van der Waals surface area contributed by atoms with Gasteiger partial charge in [0.1, 0.15) is 39.4 Å². The lowest BCUT2D eigenvalue weighted by Gasteiger charge is -2.40. The molecule has 0 bridgehead atoms. The maximum absolute atomic E-state index is 13.5. The van der Waals surface area contributed by atoms with Crippen LogP contribution in [0, 0.1) is 22.0 Å². The van der Waals surface area contributed by atoms with Crippen LogP contribution in [0.5, 0.6) is 11.5 Å². The van der Waals surface area contributed by atoms with E-state index < -0.39 is 32.7 Å². The number of furan rings is 2. The fraction of sp³-hybridized carbons (Fsp3) is 0.111. The lowest BCUT2D eigenvalue weighted by Crippen LogP contribution is -2.46. The Morgan fingerprint density at radius 2 is 1.31 bits per heavy atom. The number of anilines is 1. The van der Waals surface area contributed by atoms with Gasteiger partial charge in [0, 0.05) is 134 Å². The standard InChI is InChI=1S/C26H21ClN2O3S.C23H17N3O.C19H19Cl2NO3.C13H10N2O4/c1-19(29-18-20-6-5-15-28-17-20)26(33(30,31)24-7-3-2-4-8-24)16-23-13-14-25(32-23)21-9-11-22(27)12-10-21;27-22(18-8-3-1-4-9-18)14-13-20-17-26(21-11-5-2-6-12-21)25-23(20)19-10-7-15-24-16-19;1-9-17(13-7-11(20)3-5-15(13)23)22-18(10(2)19(9)25)14-8-12(21)4-6-16(14)24;16-13(11-5-6-12(19-11)15(17)18)14-8-7-9-3-1-2-4-10(9)14/h2-17,29H,1,18H2;1-17H;3-10,17-18,22-24H,1-2H3;1-6H,7-8H2/b26-16-;14-13+;;. The number of pyridine rings is 2. The number of nitro groups is 1. The first-order valence-corrected chi connectivity index (χ1v) is 35.3. The van der Waals surface area contributed by atoms with Crippen LogP contribution in [0.4, 0.5) is 11.6 Å². The van der Waals surface area contributed by atoms with Crippen LogP contribution in [0.25, 0.3) is 40.4 Å². The largest absolute Gasteiger partial charge is 0.508 e. The second kappa shape index (κ2) is 33.8. The summed E-state index contributed by atoms with van der Waals surface area (Å²) in [5, 5.41) is 43.8. The molecule has 7 heterocycles. The normalized spacial score (nSPS) is 15.5. The van der Waals surface area contributed by atoms with E-state index in [2.05, 4.69) is 27.2 Å². The molecule has 7 aromatic carbocycles. The van der Waals surface area contributed by atoms with Crippen LogP contribution >= 0.6 is 34.8 Å². The Labute approximate surface area is 614 Å². The highest BCUT2D eigenvalue weighted by Gasteiger charge is 2.42. The monoisotopic (exact) mass is 1460 g/mol. The topological polar surface area (TPSA) is 266 Å². The molecule has 19 nitrogen and oxygen atoms in total. The zero-order chi connectivity index (χ0) is 73.4. The highest BCUT2D eigenvalue weighted by atomic mass is 35.5. The molecule has 2 aliphatic heterocycles. The number of benzene rings is 7. The second-order valence-corrected chi connectivity index (χ2v) is 27.2. The van der Waals surface area contributed by atoms with Crippen molar-refractivity contribution in [3.63, 3.8) is 0 Å². The van der Waals surface area contributed by atoms with E-state index in [-0.39, 0.29) is 62.1 Å². The van der Waals surface area contributed by atoms with Gasteiger partial charge in [0.25, 0.3) is 5.91 Å². The van der Waals surface area contributed by atoms with E-state index in [0.29, 0.717) is 56.4 Å². The molecular formula is C81H67Cl3N8O11S. The number of para-hydroxylation sites is 2. The van der Waals surface area contributed by atoms with Gasteiger partial charge < -0.3 is 34.6 Å². The number of nitrogens with one attached hydrogen (secondary N) is 2. The fourth-order valence-electron chi connectivity index (χ4n) is 11.7. The first-order chi connectivity index (χ1) is 50.2. The minimum atomic E-state index is -3.86. The van der Waals surface area contributed by atoms with Gasteiger partial charge in [-0.3, -0.25) is 34.5 Å². The number of carbonyl (C=O) groups is 3. The molecule has 0 spiro atoms. The van der Waals surface area contributed by atoms with Crippen molar-refractivity contribution >= 4 is 85.8 Å². The summed E-state index contributed by atoms with van der Waals surface area (Å²) in [5.74, 6) is -0.337. The molecule has 1 fully saturated rings. The number of halogens is 3. The van der Waals surface area contributed by atoms with Crippen molar-refractivity contribution in [3.8, 4) is 39.8 Å². The molecule has 23 heteroatoms. The van der Waals surface area contributed by atoms with Gasteiger partial charge in [0.05, 0.1) is 21.6 Å². The van der Waals surface area contributed by atoms with Crippen LogP contribution in [0.3, 0.4) is 0 Å². The number of hydrogen-bond donors (Lipinski definition) is 4. The number of carbonyl (C=O) groups excluding carboxylic acids is 3. The molecule has 1 amide bonds. The van der Waals surface area contributed by atoms with Crippen molar-refractivity contribution < 1.29 is 46.8 Å². The number of amides is 1. The number of allylic oxidation sites excluding steroid dienone is 1. The van der Waals surface area contributed by atoms with Crippen molar-refractivity contribution in [2.45, 2.75) is 43.8 Å². The number of sulfone groups is 1. The first kappa shape index (κ1) is 73.4. The molecule has 2 aliphatic rings. The van der Waals surface area contributed by atoms with Crippen LogP contribution in [0.1, 0.15) is 80.4 Å². The number of aromatic nitrogens is 4. The summed E-state index contributed by atoms with van der Waals surface area (Å²) in [6.45, 7) is 8.59. The summed E-state index contributed by atoms with van der Waals surface area (Å²) < 4.78 is 39.6. The smallest absolute Gasteiger partial charge is 0.433 e. The second-order valence-electron chi connectivity index (χ2n) is 24.0. The summed E-state index contributed by atoms with van der Waals surface area (Å²) in [4.78, 5) is 57.4. The molecule has 524 valence electrons. The molecular weight excluding hydrogens is 1400 g/mol. The summed E-state index contributed by atoms with van der Waals surface area (Å²) in [5.41, 5.74) is 9.20. The van der Waals surface area contributed by atoms with Gasteiger partial charge in [-0.15, -0.1) is 0 Å². The van der Waals surface area contributed by atoms with Gasteiger partial charge in [-0.2, -0.15) is 5.10 Å². The molecule has 4 atom stereocenters. The van der Waals surface area contributed by atoms with Gasteiger partial charge in [0.15, 0.2) is 11.5 Å². The molecule has 0 aliphatic carbocycles. The van der Waals surface area contributed by atoms with Gasteiger partial charge in [0.2, 0.25) is 9.84 Å². The molecule has 1 saturated heterocycles. The molecule has 4 unspecified atom stereocenters. The van der Waals surface area contributed by atoms with Crippen LogP contribution in [-0.2, 0) is 27.6 Å². The predicted octanol–water partition coefficient (Wildman–Crippen LogP) is 18.0. The third-order valence-electron chi connectivity index (χ3n) is 17.1. The van der Waals surface area contributed by atoms with Crippen LogP contribution in [0.15, 0.2) is 292 Å². The van der Waals surface area contributed by atoms with Gasteiger partial charge in [-0.25, -0.2) is 13.1 Å². The summed E-state index contributed by atoms with van der Waals surface area (Å²) in [6, 6.07) is 64.4. The van der Waals surface area contributed by atoms with Crippen LogP contribution in [0.2, 0.25) is 15.1 Å². The van der Waals surface area contributed by atoms with E-state index in [0.717, 1.165) is 51.3 Å². The fourth-order valence-corrected chi connectivity index (χ4v) is 13.6. The third-order valence-corrected chi connectivity index (χ3v) is 19.6. The van der Waals surface area contributed by atoms with Crippen LogP contribution < -0.4 is 15.5 Å². The van der Waals surface area contributed by atoms with E-state index in [4.69, 9.17) is 48.7 Å². The highest BCUT2D eigenvalue weighted by molar-refractivity contribution is 7.95. The Hall–Kier alpha value is -11.8. The lowest BCUT2D eigenvalue weighted by molar-refractivity contribution is -0.402. The predicted molar refractivity (Wildman–Crippen MR) is 403 cm³/mol. The number of phenolic OH excluding ortho intramolecular Hbond substituents is 2. The zero-order valence-electron chi connectivity index (χ0n) is 55.9. The van der Waals surface area contributed by atoms with E-state index in [1.54, 1.807) is 115 Å². The lowest BCUT2D eigenvalue weighted by atomic mass is 9.76. The highest BCUT2D eigenvalue weighted by Crippen LogP contribution is 2.44. The molecule has 5 aromatic heterocycles. The van der Waals surface area contributed by atoms with Crippen molar-refractivity contribution in [1.82, 2.24) is 30.4 Å². The van der Waals surface area contributed by atoms with Gasteiger partial charge >= 0.3 is 5.88 Å². The number of aromatic hydroxyl groups is 2. The maximum Gasteiger partial charge on any atom is 0.433 e. The number of nitrogens with zero attached hydrogens (tertiary/aromatic N) is 6. The number of piperidine rings is 1. The van der Waals surface area contributed by atoms with Crippen LogP contribution in [-0.4, -0.2) is 67.3 Å². The van der Waals surface area contributed by atoms with Gasteiger partial charge in [-0.1, -0.05) is 146 Å². The Kier molecular flexibility index (Phi) is 23.9. The third kappa shape index (κ3) is 17.9. The average molecular weight is 1470 g/mol. The number of phenols is 2. The van der Waals surface area contributed by atoms with Crippen molar-refractivity contribution in [3.05, 3.63) is 349 Å². The van der Waals surface area contributed by atoms with Crippen molar-refractivity contribution in [2.75, 3.05) is 11.4 Å². The molecule has 104 heavy (non-hydrogen) atoms. The Bertz CT molecular complexity index is 5150. The average Bonchev–Trinajstić information content (AvgIpc) is 1.18. The molecule has 12 aromatic rings. The van der Waals surface area contributed by atoms with E-state index >= 15 is 0 Å². The molecule has 0 saturated carbocycles. The Morgan fingerprint density at radius 3 is 1.92 bits per heavy atom. The van der Waals surface area contributed by atoms with E-state index in [9.17, 15) is 43.1 Å². The molecule has 14 rings (SSSR count). The van der Waals surface area contributed by atoms with E-state index in [1.807, 2.05) is 152 Å². The van der Waals surface area contributed by atoms with E-state index in [1.165, 1.54) is 30.3 Å². The van der Waals surface area contributed by atoms with Crippen molar-refractivity contribution in [2.24, 2.45) is 11.8 Å². The number of ketones is 2. The first-order valence-electron chi connectivity index (χ1n) is 32.6. The molecule has 4 N–H and O–H groups in total. The number of Topliss-reactive ketones (excluding diaryl/α,β-unsaturated/α-hetero) is 1. The van der Waals surface area contributed by atoms with Gasteiger partial charge in [-0.05, 0) is 157 Å². The Balaban J connectivity index is 0.000000141. The SMILES string of the molecule is C=C(NCc1cccnc1)/C(=C/c1ccc(-c2ccc(Cl)cc2)o1)S(=O)(=O)c1ccccc1.CC1C(=O)C(C)C(c2cc(Cl)ccc2O)NC1c1cc(Cl)ccc1O.O=C(/C=C/c1cn(-c2ccccc2)nc1-c1cccnc1)c1ccccc1.O=C(c1ccc([N+](=O)[O-])o1)N1CCc2ccccc21. The summed E-state index contributed by atoms with van der Waals surface area (Å²) >= 11 is 18.1. The number of rotatable bonds is 17. The minimum Gasteiger partial charge on any atom is -0.508 e. The Morgan fingerprint density at radius 1 is 0.702 bits per heavy atom. The number of hydrogen-bond acceptors (Lipinski definition) is 16. The maximum atomic E-state index is 13.5.